The first-order valence-corrected chi connectivity index (χ1v) is 7.23. The second kappa shape index (κ2) is 8.42. The number of hydrogen-bond donors (Lipinski definition) is 2. The second-order valence-electron chi connectivity index (χ2n) is 5.35. The first kappa shape index (κ1) is 17.2. The number of benzene rings is 1. The van der Waals surface area contributed by atoms with Crippen LogP contribution in [0.1, 0.15) is 26.3 Å². The Balaban J connectivity index is 2.80. The number of aliphatic carboxylic acids is 1. The highest BCUT2D eigenvalue weighted by atomic mass is 16.4. The molecule has 0 fully saturated rings. The van der Waals surface area contributed by atoms with Crippen LogP contribution in [0.3, 0.4) is 0 Å². The zero-order valence-electron chi connectivity index (χ0n) is 12.9. The number of nitrogens with one attached hydrogen (secondary N) is 1. The Morgan fingerprint density at radius 3 is 2.33 bits per heavy atom. The Bertz CT molecular complexity index is 460. The molecule has 0 saturated heterocycles. The number of likely N-dealkylation sites (N-methyl/N-ethyl adjacent to an activating group) is 1. The van der Waals surface area contributed by atoms with Crippen LogP contribution in [0.25, 0.3) is 0 Å². The topological polar surface area (TPSA) is 69.6 Å². The van der Waals surface area contributed by atoms with Gasteiger partial charge in [-0.1, -0.05) is 51.1 Å². The summed E-state index contributed by atoms with van der Waals surface area (Å²) in [7, 11) is 0. The van der Waals surface area contributed by atoms with Crippen molar-refractivity contribution in [1.29, 1.82) is 0 Å². The van der Waals surface area contributed by atoms with Gasteiger partial charge in [-0.05, 0) is 18.0 Å². The van der Waals surface area contributed by atoms with Gasteiger partial charge in [-0.25, -0.2) is 0 Å². The smallest absolute Gasteiger partial charge is 0.322 e. The van der Waals surface area contributed by atoms with Crippen molar-refractivity contribution in [1.82, 2.24) is 10.2 Å². The summed E-state index contributed by atoms with van der Waals surface area (Å²) in [4.78, 5) is 24.9. The van der Waals surface area contributed by atoms with Gasteiger partial charge >= 0.3 is 5.97 Å². The van der Waals surface area contributed by atoms with Crippen molar-refractivity contribution in [2.45, 2.75) is 33.4 Å². The van der Waals surface area contributed by atoms with Crippen LogP contribution >= 0.6 is 0 Å². The molecule has 1 rings (SSSR count). The Morgan fingerprint density at radius 2 is 1.86 bits per heavy atom. The van der Waals surface area contributed by atoms with Crippen LogP contribution in [0.4, 0.5) is 0 Å². The first-order valence-electron chi connectivity index (χ1n) is 7.23. The number of carbonyl (C=O) groups excluding carboxylic acids is 1. The van der Waals surface area contributed by atoms with Gasteiger partial charge in [-0.2, -0.15) is 0 Å². The molecule has 0 aliphatic carbocycles. The SMILES string of the molecule is CCN(Cc1ccccc1)C(C(=O)NCC(=O)O)C(C)C. The maximum Gasteiger partial charge on any atom is 0.322 e. The number of rotatable bonds is 8. The van der Waals surface area contributed by atoms with Crippen LogP contribution in [0, 0.1) is 5.92 Å². The second-order valence-corrected chi connectivity index (χ2v) is 5.35. The van der Waals surface area contributed by atoms with Crippen molar-refractivity contribution in [3.8, 4) is 0 Å². The van der Waals surface area contributed by atoms with Gasteiger partial charge in [0, 0.05) is 6.54 Å². The Hall–Kier alpha value is -1.88. The van der Waals surface area contributed by atoms with Gasteiger partial charge in [0.1, 0.15) is 6.54 Å². The van der Waals surface area contributed by atoms with Gasteiger partial charge in [0.25, 0.3) is 0 Å². The first-order chi connectivity index (χ1) is 9.95. The van der Waals surface area contributed by atoms with Crippen LogP contribution in [0.15, 0.2) is 30.3 Å². The summed E-state index contributed by atoms with van der Waals surface area (Å²) in [5.41, 5.74) is 1.14. The summed E-state index contributed by atoms with van der Waals surface area (Å²) in [6, 6.07) is 9.61. The minimum absolute atomic E-state index is 0.0995. The summed E-state index contributed by atoms with van der Waals surface area (Å²) in [5, 5.41) is 11.2. The molecular weight excluding hydrogens is 268 g/mol. The highest BCUT2D eigenvalue weighted by Gasteiger charge is 2.28. The predicted octanol–water partition coefficient (Wildman–Crippen LogP) is 1.73. The van der Waals surface area contributed by atoms with E-state index in [2.05, 4.69) is 10.2 Å². The third-order valence-electron chi connectivity index (χ3n) is 3.34. The summed E-state index contributed by atoms with van der Waals surface area (Å²) < 4.78 is 0. The Morgan fingerprint density at radius 1 is 1.24 bits per heavy atom. The molecule has 5 heteroatoms. The van der Waals surface area contributed by atoms with Gasteiger partial charge < -0.3 is 10.4 Å². The highest BCUT2D eigenvalue weighted by molar-refractivity contribution is 5.85. The average molecular weight is 292 g/mol. The molecule has 1 aromatic carbocycles. The van der Waals surface area contributed by atoms with Crippen molar-refractivity contribution in [3.63, 3.8) is 0 Å². The zero-order chi connectivity index (χ0) is 15.8. The minimum Gasteiger partial charge on any atom is -0.480 e. The molecule has 21 heavy (non-hydrogen) atoms. The molecule has 1 atom stereocenters. The summed E-state index contributed by atoms with van der Waals surface area (Å²) in [5.74, 6) is -1.16. The third kappa shape index (κ3) is 5.55. The molecule has 2 N–H and O–H groups in total. The van der Waals surface area contributed by atoms with Gasteiger partial charge in [0.05, 0.1) is 6.04 Å². The van der Waals surface area contributed by atoms with Gasteiger partial charge in [-0.15, -0.1) is 0 Å². The van der Waals surface area contributed by atoms with Crippen LogP contribution in [0.2, 0.25) is 0 Å². The minimum atomic E-state index is -1.03. The molecular formula is C16H24N2O3. The zero-order valence-corrected chi connectivity index (χ0v) is 12.9. The van der Waals surface area contributed by atoms with Crippen LogP contribution < -0.4 is 5.32 Å². The molecule has 0 radical (unpaired) electrons. The molecule has 5 nitrogen and oxygen atoms in total. The van der Waals surface area contributed by atoms with Crippen LogP contribution in [0.5, 0.6) is 0 Å². The lowest BCUT2D eigenvalue weighted by Crippen LogP contribution is -2.50. The van der Waals surface area contributed by atoms with E-state index in [1.54, 1.807) is 0 Å². The summed E-state index contributed by atoms with van der Waals surface area (Å²) >= 11 is 0. The van der Waals surface area contributed by atoms with Crippen molar-refractivity contribution in [3.05, 3.63) is 35.9 Å². The normalized spacial score (nSPS) is 12.4. The standard InChI is InChI=1S/C16H24N2O3/c1-4-18(11-13-8-6-5-7-9-13)15(12(2)3)16(21)17-10-14(19)20/h5-9,12,15H,4,10-11H2,1-3H3,(H,17,21)(H,19,20). The van der Waals surface area contributed by atoms with Crippen molar-refractivity contribution in [2.24, 2.45) is 5.92 Å². The Labute approximate surface area is 126 Å². The summed E-state index contributed by atoms with van der Waals surface area (Å²) in [6.07, 6.45) is 0. The number of carboxylic acid groups (broad SMARTS) is 1. The van der Waals surface area contributed by atoms with E-state index in [1.165, 1.54) is 0 Å². The average Bonchev–Trinajstić information content (AvgIpc) is 2.45. The van der Waals surface area contributed by atoms with Gasteiger partial charge in [0.2, 0.25) is 5.91 Å². The molecule has 0 bridgehead atoms. The molecule has 0 heterocycles. The molecule has 1 aromatic rings. The third-order valence-corrected chi connectivity index (χ3v) is 3.34. The van der Waals surface area contributed by atoms with E-state index < -0.39 is 5.97 Å². The fraction of sp³-hybridized carbons (Fsp3) is 0.500. The van der Waals surface area contributed by atoms with E-state index >= 15 is 0 Å². The lowest BCUT2D eigenvalue weighted by molar-refractivity contribution is -0.139. The van der Waals surface area contributed by atoms with E-state index in [0.717, 1.165) is 12.1 Å². The van der Waals surface area contributed by atoms with E-state index in [4.69, 9.17) is 5.11 Å². The van der Waals surface area contributed by atoms with Gasteiger partial charge in [0.15, 0.2) is 0 Å². The van der Waals surface area contributed by atoms with E-state index in [1.807, 2.05) is 51.1 Å². The van der Waals surface area contributed by atoms with E-state index in [-0.39, 0.29) is 24.4 Å². The fourth-order valence-electron chi connectivity index (χ4n) is 2.38. The Kier molecular flexibility index (Phi) is 6.88. The lowest BCUT2D eigenvalue weighted by Gasteiger charge is -2.32. The maximum atomic E-state index is 12.3. The highest BCUT2D eigenvalue weighted by Crippen LogP contribution is 2.15. The molecule has 0 aliphatic heterocycles. The van der Waals surface area contributed by atoms with Crippen molar-refractivity contribution >= 4 is 11.9 Å². The number of hydrogen-bond acceptors (Lipinski definition) is 3. The number of amides is 1. The molecule has 1 amide bonds. The maximum absolute atomic E-state index is 12.3. The van der Waals surface area contributed by atoms with Gasteiger partial charge in [-0.3, -0.25) is 14.5 Å². The van der Waals surface area contributed by atoms with E-state index in [0.29, 0.717) is 6.54 Å². The fourth-order valence-corrected chi connectivity index (χ4v) is 2.38. The van der Waals surface area contributed by atoms with Crippen LogP contribution in [-0.4, -0.2) is 41.0 Å². The number of carboxylic acids is 1. The van der Waals surface area contributed by atoms with Crippen LogP contribution in [-0.2, 0) is 16.1 Å². The molecule has 1 unspecified atom stereocenters. The number of nitrogens with zero attached hydrogens (tertiary/aromatic N) is 1. The molecule has 0 aromatic heterocycles. The molecule has 116 valence electrons. The lowest BCUT2D eigenvalue weighted by atomic mass is 10.0. The summed E-state index contributed by atoms with van der Waals surface area (Å²) in [6.45, 7) is 6.99. The quantitative estimate of drug-likeness (QED) is 0.765. The largest absolute Gasteiger partial charge is 0.480 e. The molecule has 0 saturated carbocycles. The number of carbonyl (C=O) groups is 2. The monoisotopic (exact) mass is 292 g/mol. The van der Waals surface area contributed by atoms with E-state index in [9.17, 15) is 9.59 Å². The van der Waals surface area contributed by atoms with Crippen molar-refractivity contribution < 1.29 is 14.7 Å². The predicted molar refractivity (Wildman–Crippen MR) is 81.8 cm³/mol. The molecule has 0 aliphatic rings. The molecule has 0 spiro atoms. The van der Waals surface area contributed by atoms with Crippen molar-refractivity contribution in [2.75, 3.05) is 13.1 Å².